The summed E-state index contributed by atoms with van der Waals surface area (Å²) in [7, 11) is -3.38. The van der Waals surface area contributed by atoms with Gasteiger partial charge in [0.15, 0.2) is 0 Å². The van der Waals surface area contributed by atoms with Gasteiger partial charge in [-0.2, -0.15) is 4.31 Å². The van der Waals surface area contributed by atoms with E-state index in [0.29, 0.717) is 18.0 Å². The molecule has 0 amide bonds. The van der Waals surface area contributed by atoms with E-state index in [1.165, 1.54) is 0 Å². The van der Waals surface area contributed by atoms with Gasteiger partial charge in [-0.25, -0.2) is 8.42 Å². The third kappa shape index (κ3) is 2.30. The minimum atomic E-state index is -3.38. The maximum Gasteiger partial charge on any atom is 0.243 e. The zero-order valence-corrected chi connectivity index (χ0v) is 11.9. The Morgan fingerprint density at radius 2 is 1.95 bits per heavy atom. The monoisotopic (exact) mass is 281 g/mol. The van der Waals surface area contributed by atoms with Crippen molar-refractivity contribution in [2.45, 2.75) is 43.2 Å². The van der Waals surface area contributed by atoms with Crippen LogP contribution in [0.4, 0.5) is 0 Å². The number of aryl methyl sites for hydroxylation is 1. The molecule has 2 aliphatic rings. The summed E-state index contributed by atoms with van der Waals surface area (Å²) >= 11 is 0. The topological polar surface area (TPSA) is 46.6 Å². The third-order valence-electron chi connectivity index (χ3n) is 4.06. The summed E-state index contributed by atoms with van der Waals surface area (Å²) in [6.45, 7) is 2.93. The van der Waals surface area contributed by atoms with E-state index >= 15 is 0 Å². The van der Waals surface area contributed by atoms with Gasteiger partial charge in [0, 0.05) is 6.54 Å². The Hall–Kier alpha value is -0.910. The first kappa shape index (κ1) is 13.1. The smallest absolute Gasteiger partial charge is 0.243 e. The van der Waals surface area contributed by atoms with Crippen molar-refractivity contribution in [3.63, 3.8) is 0 Å². The normalized spacial score (nSPS) is 28.3. The van der Waals surface area contributed by atoms with Crippen molar-refractivity contribution in [2.24, 2.45) is 0 Å². The molecule has 19 heavy (non-hydrogen) atoms. The van der Waals surface area contributed by atoms with Crippen LogP contribution in [0.15, 0.2) is 29.2 Å². The highest BCUT2D eigenvalue weighted by Gasteiger charge is 2.42. The van der Waals surface area contributed by atoms with E-state index in [1.807, 2.05) is 19.1 Å². The van der Waals surface area contributed by atoms with Crippen LogP contribution in [0.5, 0.6) is 0 Å². The number of morpholine rings is 1. The average Bonchev–Trinajstić information content (AvgIpc) is 2.87. The molecule has 2 fully saturated rings. The summed E-state index contributed by atoms with van der Waals surface area (Å²) in [6, 6.07) is 7.12. The molecule has 1 aromatic rings. The number of rotatable bonds is 2. The van der Waals surface area contributed by atoms with Gasteiger partial charge in [0.25, 0.3) is 0 Å². The molecule has 0 aromatic heterocycles. The minimum absolute atomic E-state index is 0.0278. The molecule has 104 valence electrons. The Labute approximate surface area is 114 Å². The van der Waals surface area contributed by atoms with Gasteiger partial charge in [-0.1, -0.05) is 17.7 Å². The number of hydrogen-bond acceptors (Lipinski definition) is 3. The van der Waals surface area contributed by atoms with Crippen LogP contribution < -0.4 is 0 Å². The van der Waals surface area contributed by atoms with Crippen molar-refractivity contribution in [3.05, 3.63) is 29.8 Å². The standard InChI is InChI=1S/C14H19NO3S/c1-11-5-7-12(8-6-11)19(16,17)15-9-10-18-14-4-2-3-13(14)15/h5-8,13-14H,2-4,9-10H2,1H3. The van der Waals surface area contributed by atoms with Gasteiger partial charge in [-0.15, -0.1) is 0 Å². The van der Waals surface area contributed by atoms with E-state index < -0.39 is 10.0 Å². The summed E-state index contributed by atoms with van der Waals surface area (Å²) in [6.07, 6.45) is 3.03. The van der Waals surface area contributed by atoms with Crippen LogP contribution in [0.25, 0.3) is 0 Å². The first-order valence-corrected chi connectivity index (χ1v) is 8.23. The second-order valence-corrected chi connectivity index (χ2v) is 7.23. The lowest BCUT2D eigenvalue weighted by atomic mass is 10.2. The highest BCUT2D eigenvalue weighted by atomic mass is 32.2. The highest BCUT2D eigenvalue weighted by molar-refractivity contribution is 7.89. The maximum atomic E-state index is 12.7. The highest BCUT2D eigenvalue weighted by Crippen LogP contribution is 2.33. The van der Waals surface area contributed by atoms with Crippen molar-refractivity contribution < 1.29 is 13.2 Å². The van der Waals surface area contributed by atoms with Crippen LogP contribution in [0, 0.1) is 6.92 Å². The van der Waals surface area contributed by atoms with Crippen LogP contribution in [0.1, 0.15) is 24.8 Å². The van der Waals surface area contributed by atoms with Gasteiger partial charge < -0.3 is 4.74 Å². The van der Waals surface area contributed by atoms with Crippen molar-refractivity contribution in [3.8, 4) is 0 Å². The van der Waals surface area contributed by atoms with Crippen molar-refractivity contribution in [1.29, 1.82) is 0 Å². The lowest BCUT2D eigenvalue weighted by Gasteiger charge is -2.36. The molecule has 3 rings (SSSR count). The lowest BCUT2D eigenvalue weighted by molar-refractivity contribution is -0.0241. The second kappa shape index (κ2) is 4.89. The Morgan fingerprint density at radius 1 is 1.21 bits per heavy atom. The first-order valence-electron chi connectivity index (χ1n) is 6.79. The molecule has 1 aliphatic heterocycles. The fraction of sp³-hybridized carbons (Fsp3) is 0.571. The predicted octanol–water partition coefficient (Wildman–Crippen LogP) is 1.94. The first-order chi connectivity index (χ1) is 9.09. The molecule has 1 saturated heterocycles. The zero-order chi connectivity index (χ0) is 13.5. The SMILES string of the molecule is Cc1ccc(S(=O)(=O)N2CCOC3CCCC32)cc1. The molecule has 1 aromatic carbocycles. The van der Waals surface area contributed by atoms with E-state index in [0.717, 1.165) is 24.8 Å². The molecular weight excluding hydrogens is 262 g/mol. The summed E-state index contributed by atoms with van der Waals surface area (Å²) in [5.74, 6) is 0. The number of sulfonamides is 1. The van der Waals surface area contributed by atoms with Crippen LogP contribution in [0.2, 0.25) is 0 Å². The fourth-order valence-electron chi connectivity index (χ4n) is 3.03. The van der Waals surface area contributed by atoms with E-state index in [1.54, 1.807) is 16.4 Å². The van der Waals surface area contributed by atoms with Crippen LogP contribution in [0.3, 0.4) is 0 Å². The minimum Gasteiger partial charge on any atom is -0.375 e. The molecular formula is C14H19NO3S. The molecule has 0 radical (unpaired) electrons. The Balaban J connectivity index is 1.93. The van der Waals surface area contributed by atoms with Crippen LogP contribution in [-0.2, 0) is 14.8 Å². The molecule has 0 N–H and O–H groups in total. The van der Waals surface area contributed by atoms with E-state index in [9.17, 15) is 8.42 Å². The van der Waals surface area contributed by atoms with Crippen molar-refractivity contribution in [2.75, 3.05) is 13.2 Å². The molecule has 1 heterocycles. The van der Waals surface area contributed by atoms with Crippen molar-refractivity contribution in [1.82, 2.24) is 4.31 Å². The van der Waals surface area contributed by atoms with Gasteiger partial charge in [0.2, 0.25) is 10.0 Å². The molecule has 5 heteroatoms. The predicted molar refractivity (Wildman–Crippen MR) is 72.4 cm³/mol. The summed E-state index contributed by atoms with van der Waals surface area (Å²) in [5, 5.41) is 0. The maximum absolute atomic E-state index is 12.7. The molecule has 2 atom stereocenters. The van der Waals surface area contributed by atoms with Gasteiger partial charge >= 0.3 is 0 Å². The Bertz CT molecular complexity index is 553. The number of ether oxygens (including phenoxy) is 1. The summed E-state index contributed by atoms with van der Waals surface area (Å²) in [4.78, 5) is 0.394. The summed E-state index contributed by atoms with van der Waals surface area (Å²) < 4.78 is 32.8. The third-order valence-corrected chi connectivity index (χ3v) is 6.00. The molecule has 1 aliphatic carbocycles. The average molecular weight is 281 g/mol. The zero-order valence-electron chi connectivity index (χ0n) is 11.1. The number of fused-ring (bicyclic) bond motifs is 1. The second-order valence-electron chi connectivity index (χ2n) is 5.34. The van der Waals surface area contributed by atoms with Gasteiger partial charge in [-0.05, 0) is 38.3 Å². The fourth-order valence-corrected chi connectivity index (χ4v) is 4.70. The van der Waals surface area contributed by atoms with E-state index in [2.05, 4.69) is 0 Å². The number of nitrogens with zero attached hydrogens (tertiary/aromatic N) is 1. The summed E-state index contributed by atoms with van der Waals surface area (Å²) in [5.41, 5.74) is 1.07. The number of hydrogen-bond donors (Lipinski definition) is 0. The van der Waals surface area contributed by atoms with Gasteiger partial charge in [0.05, 0.1) is 23.6 Å². The largest absolute Gasteiger partial charge is 0.375 e. The molecule has 4 nitrogen and oxygen atoms in total. The molecule has 2 unspecified atom stereocenters. The quantitative estimate of drug-likeness (QED) is 0.832. The number of benzene rings is 1. The van der Waals surface area contributed by atoms with Crippen LogP contribution >= 0.6 is 0 Å². The van der Waals surface area contributed by atoms with Gasteiger partial charge in [-0.3, -0.25) is 0 Å². The van der Waals surface area contributed by atoms with E-state index in [-0.39, 0.29) is 12.1 Å². The van der Waals surface area contributed by atoms with Crippen LogP contribution in [-0.4, -0.2) is 38.0 Å². The molecule has 0 spiro atoms. The Kier molecular flexibility index (Phi) is 3.37. The lowest BCUT2D eigenvalue weighted by Crippen LogP contribution is -2.51. The Morgan fingerprint density at radius 3 is 2.68 bits per heavy atom. The molecule has 1 saturated carbocycles. The van der Waals surface area contributed by atoms with Crippen molar-refractivity contribution >= 4 is 10.0 Å². The molecule has 0 bridgehead atoms. The van der Waals surface area contributed by atoms with E-state index in [4.69, 9.17) is 4.74 Å². The van der Waals surface area contributed by atoms with Gasteiger partial charge in [0.1, 0.15) is 0 Å².